The second-order valence-electron chi connectivity index (χ2n) is 11.0. The van der Waals surface area contributed by atoms with Crippen LogP contribution in [0.1, 0.15) is 30.4 Å². The number of nitrogens with zero attached hydrogens (tertiary/aromatic N) is 3. The van der Waals surface area contributed by atoms with Gasteiger partial charge >= 0.3 is 6.09 Å². The second kappa shape index (κ2) is 13.9. The predicted molar refractivity (Wildman–Crippen MR) is 172 cm³/mol. The van der Waals surface area contributed by atoms with Crippen LogP contribution in [0, 0.1) is 0 Å². The van der Waals surface area contributed by atoms with E-state index in [-0.39, 0.29) is 12.6 Å². The maximum absolute atomic E-state index is 12.7. The fraction of sp³-hybridized carbons (Fsp3) is 0.353. The standard InChI is InChI=1S/C34H38N4O4S/c39-33-14-12-27-11-13-28(23-31(27)38(33)25-42-34(40)35-24-26-7-2-1-3-8-26)41-21-5-4-16-36-17-19-37(20-18-36)30-9-6-10-32-29(30)15-22-43-32/h1-3,6-11,13,15,22-23H,4-5,12,14,16-21,24-25H2,(H,35,40). The van der Waals surface area contributed by atoms with Crippen LogP contribution in [0.15, 0.2) is 78.2 Å². The smallest absolute Gasteiger partial charge is 0.409 e. The van der Waals surface area contributed by atoms with E-state index in [1.165, 1.54) is 20.7 Å². The van der Waals surface area contributed by atoms with E-state index in [1.807, 2.05) is 48.5 Å². The molecule has 224 valence electrons. The number of unbranched alkanes of at least 4 members (excludes halogenated alkanes) is 1. The van der Waals surface area contributed by atoms with Crippen LogP contribution in [0.3, 0.4) is 0 Å². The van der Waals surface area contributed by atoms with E-state index in [0.717, 1.165) is 68.1 Å². The highest BCUT2D eigenvalue weighted by Gasteiger charge is 2.26. The van der Waals surface area contributed by atoms with Gasteiger partial charge in [0.1, 0.15) is 5.75 Å². The zero-order valence-electron chi connectivity index (χ0n) is 24.4. The van der Waals surface area contributed by atoms with Gasteiger partial charge in [0.2, 0.25) is 5.91 Å². The minimum Gasteiger partial charge on any atom is -0.494 e. The molecular formula is C34H38N4O4S. The molecule has 0 radical (unpaired) electrons. The average Bonchev–Trinajstić information content (AvgIpc) is 3.53. The number of aryl methyl sites for hydroxylation is 1. The Hall–Kier alpha value is -4.08. The third-order valence-corrected chi connectivity index (χ3v) is 9.07. The molecule has 2 amide bonds. The summed E-state index contributed by atoms with van der Waals surface area (Å²) in [6.45, 7) is 6.16. The lowest BCUT2D eigenvalue weighted by Gasteiger charge is -2.36. The van der Waals surface area contributed by atoms with Crippen molar-refractivity contribution in [3.05, 3.63) is 89.3 Å². The summed E-state index contributed by atoms with van der Waals surface area (Å²) in [7, 11) is 0. The van der Waals surface area contributed by atoms with Gasteiger partial charge in [-0.15, -0.1) is 11.3 Å². The molecule has 0 saturated carbocycles. The summed E-state index contributed by atoms with van der Waals surface area (Å²) in [5.41, 5.74) is 4.14. The number of piperazine rings is 1. The molecule has 43 heavy (non-hydrogen) atoms. The van der Waals surface area contributed by atoms with Crippen LogP contribution in [0.25, 0.3) is 10.1 Å². The lowest BCUT2D eigenvalue weighted by molar-refractivity contribution is -0.119. The molecule has 6 rings (SSSR count). The molecule has 0 aliphatic carbocycles. The highest BCUT2D eigenvalue weighted by atomic mass is 32.1. The molecular weight excluding hydrogens is 560 g/mol. The van der Waals surface area contributed by atoms with Gasteiger partial charge in [-0.3, -0.25) is 14.6 Å². The Labute approximate surface area is 256 Å². The lowest BCUT2D eigenvalue weighted by atomic mass is 10.0. The molecule has 0 spiro atoms. The molecule has 1 aromatic heterocycles. The summed E-state index contributed by atoms with van der Waals surface area (Å²) in [6, 6.07) is 24.3. The molecule has 9 heteroatoms. The van der Waals surface area contributed by atoms with Crippen LogP contribution in [-0.2, 0) is 22.5 Å². The minimum atomic E-state index is -0.558. The van der Waals surface area contributed by atoms with E-state index in [9.17, 15) is 9.59 Å². The number of rotatable bonds is 11. The minimum absolute atomic E-state index is 0.0624. The first-order valence-electron chi connectivity index (χ1n) is 15.1. The van der Waals surface area contributed by atoms with Gasteiger partial charge < -0.3 is 19.7 Å². The number of amides is 2. The number of anilines is 2. The van der Waals surface area contributed by atoms with E-state index < -0.39 is 6.09 Å². The predicted octanol–water partition coefficient (Wildman–Crippen LogP) is 6.05. The van der Waals surface area contributed by atoms with Gasteiger partial charge in [-0.2, -0.15) is 0 Å². The van der Waals surface area contributed by atoms with Crippen LogP contribution in [-0.4, -0.2) is 63.0 Å². The SMILES string of the molecule is O=C(NCc1ccccc1)OCN1C(=O)CCc2ccc(OCCCCN3CCN(c4cccc5sccc45)CC3)cc21. The Morgan fingerprint density at radius 2 is 1.74 bits per heavy atom. The molecule has 0 bridgehead atoms. The molecule has 1 saturated heterocycles. The largest absolute Gasteiger partial charge is 0.494 e. The van der Waals surface area contributed by atoms with Crippen LogP contribution >= 0.6 is 11.3 Å². The maximum atomic E-state index is 12.7. The third-order valence-electron chi connectivity index (χ3n) is 8.18. The van der Waals surface area contributed by atoms with Gasteiger partial charge in [-0.05, 0) is 66.6 Å². The number of thiophene rings is 1. The summed E-state index contributed by atoms with van der Waals surface area (Å²) in [5.74, 6) is 0.663. The van der Waals surface area contributed by atoms with E-state index in [1.54, 1.807) is 11.3 Å². The molecule has 0 atom stereocenters. The lowest BCUT2D eigenvalue weighted by Crippen LogP contribution is -2.46. The average molecular weight is 599 g/mol. The first-order valence-corrected chi connectivity index (χ1v) is 16.0. The van der Waals surface area contributed by atoms with Gasteiger partial charge in [-0.25, -0.2) is 4.79 Å². The van der Waals surface area contributed by atoms with Crippen molar-refractivity contribution in [2.24, 2.45) is 0 Å². The van der Waals surface area contributed by atoms with Crippen LogP contribution in [0.2, 0.25) is 0 Å². The summed E-state index contributed by atoms with van der Waals surface area (Å²) >= 11 is 1.80. The van der Waals surface area contributed by atoms with Gasteiger partial charge in [-0.1, -0.05) is 42.5 Å². The Kier molecular flexibility index (Phi) is 9.40. The number of hydrogen-bond acceptors (Lipinski definition) is 7. The van der Waals surface area contributed by atoms with E-state index in [4.69, 9.17) is 9.47 Å². The number of ether oxygens (including phenoxy) is 2. The number of fused-ring (bicyclic) bond motifs is 2. The summed E-state index contributed by atoms with van der Waals surface area (Å²) < 4.78 is 12.8. The van der Waals surface area contributed by atoms with Crippen molar-refractivity contribution in [1.29, 1.82) is 0 Å². The monoisotopic (exact) mass is 598 g/mol. The Morgan fingerprint density at radius 1 is 0.884 bits per heavy atom. The van der Waals surface area contributed by atoms with E-state index >= 15 is 0 Å². The Balaban J connectivity index is 0.930. The zero-order valence-corrected chi connectivity index (χ0v) is 25.2. The van der Waals surface area contributed by atoms with Gasteiger partial charge in [0.25, 0.3) is 0 Å². The fourth-order valence-electron chi connectivity index (χ4n) is 5.79. The van der Waals surface area contributed by atoms with Gasteiger partial charge in [0.15, 0.2) is 6.73 Å². The number of benzene rings is 3. The summed E-state index contributed by atoms with van der Waals surface area (Å²) in [5, 5.41) is 6.28. The van der Waals surface area contributed by atoms with Gasteiger partial charge in [0, 0.05) is 61.0 Å². The van der Waals surface area contributed by atoms with Crippen molar-refractivity contribution in [2.45, 2.75) is 32.2 Å². The molecule has 1 fully saturated rings. The number of carbonyl (C=O) groups is 2. The highest BCUT2D eigenvalue weighted by molar-refractivity contribution is 7.17. The van der Waals surface area contributed by atoms with Crippen LogP contribution in [0.4, 0.5) is 16.2 Å². The van der Waals surface area contributed by atoms with Crippen molar-refractivity contribution < 1.29 is 19.1 Å². The van der Waals surface area contributed by atoms with Crippen LogP contribution in [0.5, 0.6) is 5.75 Å². The fourth-order valence-corrected chi connectivity index (χ4v) is 6.59. The van der Waals surface area contributed by atoms with Crippen molar-refractivity contribution in [1.82, 2.24) is 10.2 Å². The molecule has 2 aliphatic rings. The van der Waals surface area contributed by atoms with E-state index in [0.29, 0.717) is 26.0 Å². The molecule has 4 aromatic rings. The van der Waals surface area contributed by atoms with E-state index in [2.05, 4.69) is 44.8 Å². The molecule has 8 nitrogen and oxygen atoms in total. The topological polar surface area (TPSA) is 74.3 Å². The van der Waals surface area contributed by atoms with Crippen molar-refractivity contribution in [3.8, 4) is 5.75 Å². The number of carbonyl (C=O) groups excluding carboxylic acids is 2. The van der Waals surface area contributed by atoms with Crippen LogP contribution < -0.4 is 19.9 Å². The number of nitrogens with one attached hydrogen (secondary N) is 1. The Morgan fingerprint density at radius 3 is 2.60 bits per heavy atom. The van der Waals surface area contributed by atoms with Gasteiger partial charge in [0.05, 0.1) is 12.3 Å². The molecule has 2 aliphatic heterocycles. The molecule has 3 heterocycles. The second-order valence-corrected chi connectivity index (χ2v) is 12.0. The molecule has 0 unspecified atom stereocenters. The first-order chi connectivity index (χ1) is 21.1. The molecule has 3 aromatic carbocycles. The maximum Gasteiger partial charge on any atom is 0.409 e. The van der Waals surface area contributed by atoms with Crippen molar-refractivity contribution in [2.75, 3.05) is 55.9 Å². The van der Waals surface area contributed by atoms with Crippen molar-refractivity contribution >= 4 is 44.8 Å². The zero-order chi connectivity index (χ0) is 29.4. The summed E-state index contributed by atoms with van der Waals surface area (Å²) in [6.07, 6.45) is 2.53. The first kappa shape index (κ1) is 29.0. The normalized spacial score (nSPS) is 15.4. The number of alkyl carbamates (subject to hydrolysis) is 1. The summed E-state index contributed by atoms with van der Waals surface area (Å²) in [4.78, 5) is 31.6. The van der Waals surface area contributed by atoms with Crippen molar-refractivity contribution in [3.63, 3.8) is 0 Å². The molecule has 1 N–H and O–H groups in total. The third kappa shape index (κ3) is 7.29. The Bertz CT molecular complexity index is 1530. The quantitative estimate of drug-likeness (QED) is 0.212. The number of hydrogen-bond donors (Lipinski definition) is 1. The highest BCUT2D eigenvalue weighted by Crippen LogP contribution is 2.32.